The lowest BCUT2D eigenvalue weighted by atomic mass is 9.95. The number of aliphatic carboxylic acids is 2. The lowest BCUT2D eigenvalue weighted by Crippen LogP contribution is -2.51. The van der Waals surface area contributed by atoms with Crippen molar-refractivity contribution in [3.05, 3.63) is 65.2 Å². The predicted octanol–water partition coefficient (Wildman–Crippen LogP) is 4.56. The van der Waals surface area contributed by atoms with Crippen molar-refractivity contribution in [1.82, 2.24) is 14.8 Å². The van der Waals surface area contributed by atoms with Crippen LogP contribution in [0.25, 0.3) is 0 Å². The first-order valence-electron chi connectivity index (χ1n) is 11.8. The molecule has 2 aliphatic heterocycles. The number of fused-ring (bicyclic) bond motifs is 1. The molecule has 0 radical (unpaired) electrons. The van der Waals surface area contributed by atoms with Crippen molar-refractivity contribution < 1.29 is 55.3 Å². The summed E-state index contributed by atoms with van der Waals surface area (Å²) in [7, 11) is 0. The standard InChI is InChI=1S/C21H24FN3O.2C2HF3O2/c1-15-3-2-4-18(23-15)14-25-20-11-12-24(19(20)9-10-21(25)26)13-16-5-7-17(22)8-6-16;2*3-2(4,5)1(6)7/h2-8,19-20H,9-14H2,1H3;2*(H,6,7)/t19-,20-;;/m1../s1. The maximum Gasteiger partial charge on any atom is 0.490 e. The number of hydrogen-bond donors (Lipinski definition) is 2. The molecule has 0 saturated carbocycles. The van der Waals surface area contributed by atoms with Crippen LogP contribution < -0.4 is 0 Å². The van der Waals surface area contributed by atoms with E-state index in [4.69, 9.17) is 19.8 Å². The maximum absolute atomic E-state index is 13.1. The molecule has 3 heterocycles. The summed E-state index contributed by atoms with van der Waals surface area (Å²) in [6.07, 6.45) is -7.68. The summed E-state index contributed by atoms with van der Waals surface area (Å²) in [5.74, 6) is -5.48. The van der Waals surface area contributed by atoms with Gasteiger partial charge in [-0.25, -0.2) is 14.0 Å². The van der Waals surface area contributed by atoms with Crippen molar-refractivity contribution in [2.24, 2.45) is 0 Å². The number of likely N-dealkylation sites (tertiary alicyclic amines) is 2. The van der Waals surface area contributed by atoms with Crippen LogP contribution in [0.4, 0.5) is 30.7 Å². The van der Waals surface area contributed by atoms with Crippen LogP contribution in [0.2, 0.25) is 0 Å². The molecule has 2 aromatic rings. The third kappa shape index (κ3) is 9.77. The topological polar surface area (TPSA) is 111 Å². The van der Waals surface area contributed by atoms with Crippen LogP contribution in [0.5, 0.6) is 0 Å². The summed E-state index contributed by atoms with van der Waals surface area (Å²) >= 11 is 0. The molecule has 220 valence electrons. The molecule has 1 amide bonds. The van der Waals surface area contributed by atoms with Gasteiger partial charge in [0.1, 0.15) is 5.82 Å². The van der Waals surface area contributed by atoms with E-state index >= 15 is 0 Å². The number of pyridine rings is 1. The van der Waals surface area contributed by atoms with Gasteiger partial charge in [-0.2, -0.15) is 26.3 Å². The van der Waals surface area contributed by atoms with E-state index in [1.807, 2.05) is 42.2 Å². The number of amides is 1. The molecular weight excluding hydrogens is 555 g/mol. The summed E-state index contributed by atoms with van der Waals surface area (Å²) in [4.78, 5) is 39.4. The minimum Gasteiger partial charge on any atom is -0.475 e. The Morgan fingerprint density at radius 1 is 0.900 bits per heavy atom. The first kappa shape index (κ1) is 32.5. The summed E-state index contributed by atoms with van der Waals surface area (Å²) in [6.45, 7) is 4.35. The number of alkyl halides is 6. The Balaban J connectivity index is 0.000000333. The van der Waals surface area contributed by atoms with Gasteiger partial charge in [-0.3, -0.25) is 14.7 Å². The molecule has 2 N–H and O–H groups in total. The SMILES string of the molecule is Cc1cccc(CN2C(=O)CC[C@@H]3[C@H]2CCN3Cc2ccc(F)cc2)n1.O=C(O)C(F)(F)F.O=C(O)C(F)(F)F. The highest BCUT2D eigenvalue weighted by atomic mass is 19.4. The number of hydrogen-bond acceptors (Lipinski definition) is 5. The van der Waals surface area contributed by atoms with Gasteiger partial charge in [0.25, 0.3) is 0 Å². The Hall–Kier alpha value is -3.75. The Morgan fingerprint density at radius 3 is 1.95 bits per heavy atom. The number of rotatable bonds is 4. The molecule has 0 bridgehead atoms. The molecule has 15 heteroatoms. The highest BCUT2D eigenvalue weighted by Crippen LogP contribution is 2.33. The molecule has 2 atom stereocenters. The first-order chi connectivity index (χ1) is 18.5. The average Bonchev–Trinajstić information content (AvgIpc) is 3.25. The Kier molecular flexibility index (Phi) is 11.0. The number of halogens is 7. The molecule has 40 heavy (non-hydrogen) atoms. The van der Waals surface area contributed by atoms with E-state index in [1.54, 1.807) is 0 Å². The number of carbonyl (C=O) groups excluding carboxylic acids is 1. The second kappa shape index (κ2) is 13.5. The molecule has 1 aromatic heterocycles. The van der Waals surface area contributed by atoms with E-state index < -0.39 is 24.3 Å². The zero-order valence-corrected chi connectivity index (χ0v) is 21.0. The number of piperidine rings is 1. The minimum absolute atomic E-state index is 0.201. The number of carboxylic acid groups (broad SMARTS) is 2. The molecule has 0 unspecified atom stereocenters. The van der Waals surface area contributed by atoms with Gasteiger partial charge in [0.05, 0.1) is 12.2 Å². The fourth-order valence-corrected chi connectivity index (χ4v) is 4.33. The van der Waals surface area contributed by atoms with Crippen molar-refractivity contribution >= 4 is 17.8 Å². The number of aromatic nitrogens is 1. The summed E-state index contributed by atoms with van der Waals surface area (Å²) in [5, 5.41) is 14.2. The predicted molar refractivity (Wildman–Crippen MR) is 125 cm³/mol. The van der Waals surface area contributed by atoms with Gasteiger partial charge in [-0.1, -0.05) is 18.2 Å². The molecule has 2 saturated heterocycles. The lowest BCUT2D eigenvalue weighted by molar-refractivity contribution is -0.193. The van der Waals surface area contributed by atoms with Gasteiger partial charge in [-0.15, -0.1) is 0 Å². The second-order valence-corrected chi connectivity index (χ2v) is 8.96. The van der Waals surface area contributed by atoms with Crippen LogP contribution in [0.15, 0.2) is 42.5 Å². The third-order valence-corrected chi connectivity index (χ3v) is 6.06. The van der Waals surface area contributed by atoms with Crippen molar-refractivity contribution in [1.29, 1.82) is 0 Å². The third-order valence-electron chi connectivity index (χ3n) is 6.06. The molecule has 4 rings (SSSR count). The monoisotopic (exact) mass is 581 g/mol. The average molecular weight is 581 g/mol. The van der Waals surface area contributed by atoms with Crippen LogP contribution in [0.1, 0.15) is 36.2 Å². The van der Waals surface area contributed by atoms with Gasteiger partial charge in [0.2, 0.25) is 5.91 Å². The zero-order chi connectivity index (χ0) is 30.3. The van der Waals surface area contributed by atoms with Crippen molar-refractivity contribution in [3.63, 3.8) is 0 Å². The van der Waals surface area contributed by atoms with Gasteiger partial charge < -0.3 is 15.1 Å². The van der Waals surface area contributed by atoms with E-state index in [0.29, 0.717) is 19.0 Å². The molecule has 0 aliphatic carbocycles. The Bertz CT molecular complexity index is 1150. The van der Waals surface area contributed by atoms with Crippen molar-refractivity contribution in [2.45, 2.75) is 63.7 Å². The van der Waals surface area contributed by atoms with Crippen LogP contribution in [0, 0.1) is 12.7 Å². The van der Waals surface area contributed by atoms with Crippen LogP contribution in [0.3, 0.4) is 0 Å². The second-order valence-electron chi connectivity index (χ2n) is 8.96. The van der Waals surface area contributed by atoms with Gasteiger partial charge in [0, 0.05) is 37.3 Å². The normalized spacial score (nSPS) is 19.1. The summed E-state index contributed by atoms with van der Waals surface area (Å²) in [5.41, 5.74) is 3.06. The largest absolute Gasteiger partial charge is 0.490 e. The number of benzene rings is 1. The zero-order valence-electron chi connectivity index (χ0n) is 21.0. The van der Waals surface area contributed by atoms with Crippen LogP contribution >= 0.6 is 0 Å². The molecule has 0 spiro atoms. The Labute approximate surface area is 224 Å². The maximum atomic E-state index is 13.1. The van der Waals surface area contributed by atoms with Crippen molar-refractivity contribution in [3.8, 4) is 0 Å². The molecule has 8 nitrogen and oxygen atoms in total. The summed E-state index contributed by atoms with van der Waals surface area (Å²) < 4.78 is 76.6. The number of aryl methyl sites for hydroxylation is 1. The fourth-order valence-electron chi connectivity index (χ4n) is 4.33. The van der Waals surface area contributed by atoms with E-state index in [9.17, 15) is 35.5 Å². The van der Waals surface area contributed by atoms with E-state index in [2.05, 4.69) is 9.88 Å². The van der Waals surface area contributed by atoms with E-state index in [0.717, 1.165) is 42.9 Å². The highest BCUT2D eigenvalue weighted by Gasteiger charge is 2.43. The minimum atomic E-state index is -5.08. The van der Waals surface area contributed by atoms with Gasteiger partial charge in [-0.05, 0) is 49.6 Å². The van der Waals surface area contributed by atoms with Gasteiger partial charge >= 0.3 is 24.3 Å². The number of carboxylic acids is 2. The van der Waals surface area contributed by atoms with Crippen molar-refractivity contribution in [2.75, 3.05) is 6.54 Å². The first-order valence-corrected chi connectivity index (χ1v) is 11.8. The quantitative estimate of drug-likeness (QED) is 0.510. The molecular formula is C25H26F7N3O5. The van der Waals surface area contributed by atoms with Gasteiger partial charge in [0.15, 0.2) is 0 Å². The highest BCUT2D eigenvalue weighted by molar-refractivity contribution is 5.77. The smallest absolute Gasteiger partial charge is 0.475 e. The molecule has 1 aromatic carbocycles. The molecule has 2 fully saturated rings. The van der Waals surface area contributed by atoms with Crippen LogP contribution in [-0.2, 0) is 27.5 Å². The van der Waals surface area contributed by atoms with E-state index in [1.165, 1.54) is 12.1 Å². The van der Waals surface area contributed by atoms with E-state index in [-0.39, 0.29) is 17.8 Å². The molecule has 2 aliphatic rings. The number of nitrogens with zero attached hydrogens (tertiary/aromatic N) is 3. The summed E-state index contributed by atoms with van der Waals surface area (Å²) in [6, 6.07) is 13.3. The lowest BCUT2D eigenvalue weighted by Gasteiger charge is -2.39. The number of carbonyl (C=O) groups is 3. The Morgan fingerprint density at radius 2 is 1.45 bits per heavy atom. The van der Waals surface area contributed by atoms with Crippen LogP contribution in [-0.4, -0.2) is 73.8 Å². The fraction of sp³-hybridized carbons (Fsp3) is 0.440.